The van der Waals surface area contributed by atoms with Gasteiger partial charge in [-0.1, -0.05) is 12.1 Å². The van der Waals surface area contributed by atoms with Crippen LogP contribution in [0, 0.1) is 0 Å². The van der Waals surface area contributed by atoms with Crippen LogP contribution in [0.15, 0.2) is 24.3 Å². The van der Waals surface area contributed by atoms with Gasteiger partial charge in [0.15, 0.2) is 11.5 Å². The van der Waals surface area contributed by atoms with Crippen LogP contribution in [-0.2, 0) is 0 Å². The molecule has 0 spiro atoms. The molecule has 0 aromatic heterocycles. The van der Waals surface area contributed by atoms with E-state index in [2.05, 4.69) is 19.1 Å². The molecule has 0 bridgehead atoms. The van der Waals surface area contributed by atoms with E-state index in [-0.39, 0.29) is 0 Å². The van der Waals surface area contributed by atoms with Crippen LogP contribution in [0.1, 0.15) is 25.3 Å². The molecule has 0 radical (unpaired) electrons. The highest BCUT2D eigenvalue weighted by atomic mass is 16.5. The van der Waals surface area contributed by atoms with E-state index in [1.165, 1.54) is 11.1 Å². The average Bonchev–Trinajstić information content (AvgIpc) is 2.60. The highest BCUT2D eigenvalue weighted by Gasteiger charge is 2.10. The third-order valence-corrected chi connectivity index (χ3v) is 2.82. The number of benzene rings is 1. The van der Waals surface area contributed by atoms with Crippen molar-refractivity contribution in [1.82, 2.24) is 0 Å². The second kappa shape index (κ2) is 5.73. The first-order valence-electron chi connectivity index (χ1n) is 6.08. The van der Waals surface area contributed by atoms with Gasteiger partial charge < -0.3 is 15.2 Å². The van der Waals surface area contributed by atoms with Gasteiger partial charge in [0.2, 0.25) is 0 Å². The maximum Gasteiger partial charge on any atom is 0.161 e. The van der Waals surface area contributed by atoms with Gasteiger partial charge in [-0.25, -0.2) is 0 Å². The molecular weight excluding hydrogens is 214 g/mol. The summed E-state index contributed by atoms with van der Waals surface area (Å²) in [5.41, 5.74) is 7.89. The Morgan fingerprint density at radius 2 is 2.06 bits per heavy atom. The summed E-state index contributed by atoms with van der Waals surface area (Å²) in [6, 6.07) is 6.09. The smallest absolute Gasteiger partial charge is 0.161 e. The molecule has 0 atom stereocenters. The second-order valence-electron chi connectivity index (χ2n) is 4.18. The zero-order valence-corrected chi connectivity index (χ0v) is 10.2. The first kappa shape index (κ1) is 12.0. The Labute approximate surface area is 102 Å². The number of nitrogens with two attached hydrogens (primary N) is 1. The van der Waals surface area contributed by atoms with E-state index in [0.29, 0.717) is 6.54 Å². The molecule has 1 heterocycles. The van der Waals surface area contributed by atoms with Gasteiger partial charge in [-0.05, 0) is 43.2 Å². The van der Waals surface area contributed by atoms with Crippen LogP contribution in [0.25, 0.3) is 5.57 Å². The second-order valence-corrected chi connectivity index (χ2v) is 4.18. The molecule has 3 heteroatoms. The normalized spacial score (nSPS) is 15.5. The fourth-order valence-electron chi connectivity index (χ4n) is 1.83. The third kappa shape index (κ3) is 3.01. The van der Waals surface area contributed by atoms with E-state index in [4.69, 9.17) is 15.2 Å². The molecule has 0 amide bonds. The minimum atomic E-state index is 0.682. The van der Waals surface area contributed by atoms with Crippen molar-refractivity contribution in [3.63, 3.8) is 0 Å². The van der Waals surface area contributed by atoms with Gasteiger partial charge in [0.05, 0.1) is 13.2 Å². The monoisotopic (exact) mass is 233 g/mol. The van der Waals surface area contributed by atoms with Gasteiger partial charge in [0.25, 0.3) is 0 Å². The van der Waals surface area contributed by atoms with Crippen molar-refractivity contribution in [2.24, 2.45) is 5.73 Å². The highest BCUT2D eigenvalue weighted by molar-refractivity contribution is 5.66. The molecule has 0 unspecified atom stereocenters. The number of ether oxygens (including phenoxy) is 2. The largest absolute Gasteiger partial charge is 0.490 e. The molecule has 1 aromatic rings. The Bertz CT molecular complexity index is 413. The van der Waals surface area contributed by atoms with E-state index < -0.39 is 0 Å². The lowest BCUT2D eigenvalue weighted by Crippen LogP contribution is -1.97. The lowest BCUT2D eigenvalue weighted by molar-refractivity contribution is 0.297. The Morgan fingerprint density at radius 3 is 2.82 bits per heavy atom. The van der Waals surface area contributed by atoms with Gasteiger partial charge in [-0.3, -0.25) is 0 Å². The average molecular weight is 233 g/mol. The lowest BCUT2D eigenvalue weighted by Gasteiger charge is -2.09. The Kier molecular flexibility index (Phi) is 4.04. The first-order chi connectivity index (χ1) is 8.31. The molecule has 3 nitrogen and oxygen atoms in total. The van der Waals surface area contributed by atoms with Crippen molar-refractivity contribution in [2.75, 3.05) is 19.8 Å². The minimum Gasteiger partial charge on any atom is -0.490 e. The van der Waals surface area contributed by atoms with Crippen LogP contribution >= 0.6 is 0 Å². The molecule has 0 saturated carbocycles. The Balaban J connectivity index is 2.23. The summed E-state index contributed by atoms with van der Waals surface area (Å²) < 4.78 is 11.3. The summed E-state index contributed by atoms with van der Waals surface area (Å²) in [5, 5.41) is 0. The molecule has 1 aliphatic rings. The molecule has 92 valence electrons. The molecule has 0 aliphatic carbocycles. The molecule has 1 aromatic carbocycles. The van der Waals surface area contributed by atoms with Crippen molar-refractivity contribution >= 4 is 5.57 Å². The van der Waals surface area contributed by atoms with Crippen molar-refractivity contribution in [2.45, 2.75) is 19.8 Å². The summed E-state index contributed by atoms with van der Waals surface area (Å²) in [6.07, 6.45) is 3.99. The summed E-state index contributed by atoms with van der Waals surface area (Å²) in [7, 11) is 0. The number of hydrogen-bond donors (Lipinski definition) is 1. The van der Waals surface area contributed by atoms with Crippen LogP contribution in [0.4, 0.5) is 0 Å². The molecule has 0 saturated heterocycles. The van der Waals surface area contributed by atoms with Gasteiger partial charge in [-0.2, -0.15) is 0 Å². The standard InChI is InChI=1S/C14H19NO2/c1-11(4-2-7-15)12-5-6-13-14(10-12)17-9-3-8-16-13/h4-6,10H,2-3,7-9,15H2,1H3/b11-4+. The van der Waals surface area contributed by atoms with E-state index in [1.807, 2.05) is 12.1 Å². The van der Waals surface area contributed by atoms with Crippen molar-refractivity contribution < 1.29 is 9.47 Å². The minimum absolute atomic E-state index is 0.682. The zero-order chi connectivity index (χ0) is 12.1. The first-order valence-corrected chi connectivity index (χ1v) is 6.08. The van der Waals surface area contributed by atoms with E-state index in [0.717, 1.165) is 37.6 Å². The fraction of sp³-hybridized carbons (Fsp3) is 0.429. The number of rotatable bonds is 3. The maximum atomic E-state index is 5.67. The summed E-state index contributed by atoms with van der Waals surface area (Å²) in [6.45, 7) is 4.23. The summed E-state index contributed by atoms with van der Waals surface area (Å²) in [4.78, 5) is 0. The van der Waals surface area contributed by atoms with Gasteiger partial charge in [0, 0.05) is 6.42 Å². The predicted molar refractivity (Wildman–Crippen MR) is 69.4 cm³/mol. The van der Waals surface area contributed by atoms with Crippen LogP contribution in [-0.4, -0.2) is 19.8 Å². The molecular formula is C14H19NO2. The topological polar surface area (TPSA) is 44.5 Å². The molecule has 1 aliphatic heterocycles. The van der Waals surface area contributed by atoms with Crippen LogP contribution in [0.3, 0.4) is 0 Å². The fourth-order valence-corrected chi connectivity index (χ4v) is 1.83. The summed E-state index contributed by atoms with van der Waals surface area (Å²) >= 11 is 0. The molecule has 2 N–H and O–H groups in total. The van der Waals surface area contributed by atoms with Gasteiger partial charge in [-0.15, -0.1) is 0 Å². The Morgan fingerprint density at radius 1 is 1.29 bits per heavy atom. The zero-order valence-electron chi connectivity index (χ0n) is 10.2. The van der Waals surface area contributed by atoms with E-state index in [9.17, 15) is 0 Å². The predicted octanol–water partition coefficient (Wildman–Crippen LogP) is 2.60. The highest BCUT2D eigenvalue weighted by Crippen LogP contribution is 2.32. The van der Waals surface area contributed by atoms with Crippen molar-refractivity contribution in [1.29, 1.82) is 0 Å². The van der Waals surface area contributed by atoms with Crippen LogP contribution in [0.5, 0.6) is 11.5 Å². The summed E-state index contributed by atoms with van der Waals surface area (Å²) in [5.74, 6) is 1.69. The van der Waals surface area contributed by atoms with Gasteiger partial charge in [0.1, 0.15) is 0 Å². The molecule has 0 fully saturated rings. The molecule has 2 rings (SSSR count). The quantitative estimate of drug-likeness (QED) is 0.872. The van der Waals surface area contributed by atoms with Crippen molar-refractivity contribution in [3.8, 4) is 11.5 Å². The van der Waals surface area contributed by atoms with E-state index in [1.54, 1.807) is 0 Å². The lowest BCUT2D eigenvalue weighted by atomic mass is 10.1. The molecule has 17 heavy (non-hydrogen) atoms. The van der Waals surface area contributed by atoms with Crippen LogP contribution < -0.4 is 15.2 Å². The van der Waals surface area contributed by atoms with Gasteiger partial charge >= 0.3 is 0 Å². The van der Waals surface area contributed by atoms with Crippen molar-refractivity contribution in [3.05, 3.63) is 29.8 Å². The Hall–Kier alpha value is -1.48. The van der Waals surface area contributed by atoms with E-state index >= 15 is 0 Å². The van der Waals surface area contributed by atoms with Crippen LogP contribution in [0.2, 0.25) is 0 Å². The number of fused-ring (bicyclic) bond motifs is 1. The SMILES string of the molecule is C/C(=C\CCN)c1ccc2c(c1)OCCCO2. The maximum absolute atomic E-state index is 5.67. The number of hydrogen-bond acceptors (Lipinski definition) is 3. The number of allylic oxidation sites excluding steroid dienone is 1. The third-order valence-electron chi connectivity index (χ3n) is 2.82.